The summed E-state index contributed by atoms with van der Waals surface area (Å²) in [7, 11) is -2.00. The maximum atomic E-state index is 12.9. The monoisotopic (exact) mass is 394 g/mol. The molecule has 2 aliphatic rings. The van der Waals surface area contributed by atoms with E-state index in [1.54, 1.807) is 6.07 Å². The third-order valence-electron chi connectivity index (χ3n) is 5.13. The summed E-state index contributed by atoms with van der Waals surface area (Å²) in [6.45, 7) is 1.77. The van der Waals surface area contributed by atoms with Crippen molar-refractivity contribution in [2.75, 3.05) is 46.3 Å². The van der Waals surface area contributed by atoms with E-state index in [4.69, 9.17) is 0 Å². The molecule has 8 nitrogen and oxygen atoms in total. The molecule has 1 aromatic rings. The van der Waals surface area contributed by atoms with E-state index in [-0.39, 0.29) is 24.9 Å². The highest BCUT2D eigenvalue weighted by molar-refractivity contribution is 7.89. The van der Waals surface area contributed by atoms with E-state index in [1.165, 1.54) is 16.9 Å². The zero-order valence-electron chi connectivity index (χ0n) is 15.5. The van der Waals surface area contributed by atoms with Crippen LogP contribution in [-0.2, 0) is 32.5 Å². The molecular formula is C18H26N4O4S. The molecule has 1 aliphatic heterocycles. The molecule has 1 aromatic carbocycles. The Bertz CT molecular complexity index is 817. The smallest absolute Gasteiger partial charge is 0.243 e. The third-order valence-corrected chi connectivity index (χ3v) is 7.03. The van der Waals surface area contributed by atoms with E-state index >= 15 is 0 Å². The molecule has 0 aromatic heterocycles. The summed E-state index contributed by atoms with van der Waals surface area (Å²) in [4.78, 5) is 25.3. The van der Waals surface area contributed by atoms with Gasteiger partial charge in [0.05, 0.1) is 18.0 Å². The highest BCUT2D eigenvalue weighted by Crippen LogP contribution is 2.26. The van der Waals surface area contributed by atoms with E-state index in [0.717, 1.165) is 24.8 Å². The van der Waals surface area contributed by atoms with Crippen LogP contribution in [0, 0.1) is 0 Å². The summed E-state index contributed by atoms with van der Waals surface area (Å²) in [5, 5.41) is 4.98. The van der Waals surface area contributed by atoms with Crippen LogP contribution in [0.3, 0.4) is 0 Å². The molecule has 0 spiro atoms. The molecule has 2 N–H and O–H groups in total. The zero-order valence-corrected chi connectivity index (χ0v) is 16.3. The van der Waals surface area contributed by atoms with Gasteiger partial charge in [0.2, 0.25) is 21.8 Å². The van der Waals surface area contributed by atoms with Crippen LogP contribution in [0.1, 0.15) is 17.5 Å². The number of piperazine rings is 1. The minimum atomic E-state index is -3.51. The first-order valence-electron chi connectivity index (χ1n) is 9.22. The van der Waals surface area contributed by atoms with Gasteiger partial charge in [0.15, 0.2) is 0 Å². The molecule has 1 heterocycles. The van der Waals surface area contributed by atoms with Gasteiger partial charge in [-0.15, -0.1) is 0 Å². The van der Waals surface area contributed by atoms with Crippen LogP contribution in [0.2, 0.25) is 0 Å². The van der Waals surface area contributed by atoms with Crippen molar-refractivity contribution in [1.29, 1.82) is 0 Å². The second kappa shape index (κ2) is 8.37. The fraction of sp³-hybridized carbons (Fsp3) is 0.556. The summed E-state index contributed by atoms with van der Waals surface area (Å²) in [6, 6.07) is 5.45. The fourth-order valence-electron chi connectivity index (χ4n) is 3.51. The Morgan fingerprint density at radius 2 is 1.74 bits per heavy atom. The summed E-state index contributed by atoms with van der Waals surface area (Å²) in [6.07, 6.45) is 3.05. The lowest BCUT2D eigenvalue weighted by molar-refractivity contribution is -0.126. The Morgan fingerprint density at radius 1 is 1.04 bits per heavy atom. The van der Waals surface area contributed by atoms with Gasteiger partial charge in [0.25, 0.3) is 0 Å². The second-order valence-corrected chi connectivity index (χ2v) is 8.85. The lowest BCUT2D eigenvalue weighted by atomic mass is 10.1. The number of aryl methyl sites for hydroxylation is 2. The first kappa shape index (κ1) is 19.8. The molecule has 3 rings (SSSR count). The van der Waals surface area contributed by atoms with Gasteiger partial charge in [-0.05, 0) is 42.5 Å². The van der Waals surface area contributed by atoms with Crippen molar-refractivity contribution in [3.63, 3.8) is 0 Å². The molecular weight excluding hydrogens is 368 g/mol. The number of hydrogen-bond donors (Lipinski definition) is 2. The minimum absolute atomic E-state index is 0.0536. The third kappa shape index (κ3) is 4.66. The van der Waals surface area contributed by atoms with E-state index in [1.807, 2.05) is 17.0 Å². The largest absolute Gasteiger partial charge is 0.358 e. The number of nitrogens with zero attached hydrogens (tertiary/aromatic N) is 2. The van der Waals surface area contributed by atoms with Gasteiger partial charge < -0.3 is 10.6 Å². The van der Waals surface area contributed by atoms with E-state index < -0.39 is 10.0 Å². The molecule has 27 heavy (non-hydrogen) atoms. The van der Waals surface area contributed by atoms with Gasteiger partial charge in [-0.2, -0.15) is 4.31 Å². The molecule has 0 bridgehead atoms. The SMILES string of the molecule is CNC(=O)CNC(=O)CN1CCN(S(=O)(=O)c2ccc3c(c2)CCC3)CC1. The average molecular weight is 394 g/mol. The number of nitrogens with one attached hydrogen (secondary N) is 2. The van der Waals surface area contributed by atoms with E-state index in [0.29, 0.717) is 31.1 Å². The highest BCUT2D eigenvalue weighted by atomic mass is 32.2. The zero-order chi connectivity index (χ0) is 19.4. The summed E-state index contributed by atoms with van der Waals surface area (Å²) >= 11 is 0. The quantitative estimate of drug-likeness (QED) is 0.668. The lowest BCUT2D eigenvalue weighted by Crippen LogP contribution is -2.51. The Kier molecular flexibility index (Phi) is 6.13. The standard InChI is InChI=1S/C18H26N4O4S/c1-19-17(23)12-20-18(24)13-21-7-9-22(10-8-21)27(25,26)16-6-5-14-3-2-4-15(14)11-16/h5-6,11H,2-4,7-10,12-13H2,1H3,(H,19,23)(H,20,24). The Balaban J connectivity index is 1.54. The van der Waals surface area contributed by atoms with Crippen molar-refractivity contribution in [1.82, 2.24) is 19.8 Å². The summed E-state index contributed by atoms with van der Waals surface area (Å²) in [5.74, 6) is -0.498. The average Bonchev–Trinajstić information content (AvgIpc) is 3.14. The van der Waals surface area contributed by atoms with Crippen LogP contribution in [0.4, 0.5) is 0 Å². The number of sulfonamides is 1. The van der Waals surface area contributed by atoms with Crippen molar-refractivity contribution in [2.45, 2.75) is 24.2 Å². The fourth-order valence-corrected chi connectivity index (χ4v) is 4.99. The molecule has 0 atom stereocenters. The van der Waals surface area contributed by atoms with Gasteiger partial charge in [0, 0.05) is 33.2 Å². The maximum Gasteiger partial charge on any atom is 0.243 e. The molecule has 1 fully saturated rings. The maximum absolute atomic E-state index is 12.9. The van der Waals surface area contributed by atoms with Crippen LogP contribution < -0.4 is 10.6 Å². The first-order chi connectivity index (χ1) is 12.9. The normalized spacial score (nSPS) is 18.1. The van der Waals surface area contributed by atoms with E-state index in [2.05, 4.69) is 10.6 Å². The van der Waals surface area contributed by atoms with Gasteiger partial charge in [-0.1, -0.05) is 6.07 Å². The lowest BCUT2D eigenvalue weighted by Gasteiger charge is -2.33. The number of rotatable bonds is 6. The van der Waals surface area contributed by atoms with Crippen LogP contribution in [0.25, 0.3) is 0 Å². The Morgan fingerprint density at radius 3 is 2.44 bits per heavy atom. The van der Waals surface area contributed by atoms with Crippen molar-refractivity contribution in [3.05, 3.63) is 29.3 Å². The topological polar surface area (TPSA) is 98.8 Å². The molecule has 9 heteroatoms. The summed E-state index contributed by atoms with van der Waals surface area (Å²) < 4.78 is 27.3. The van der Waals surface area contributed by atoms with Crippen LogP contribution in [0.5, 0.6) is 0 Å². The molecule has 2 amide bonds. The van der Waals surface area contributed by atoms with Gasteiger partial charge in [-0.3, -0.25) is 14.5 Å². The first-order valence-corrected chi connectivity index (χ1v) is 10.7. The molecule has 1 saturated heterocycles. The van der Waals surface area contributed by atoms with Gasteiger partial charge in [-0.25, -0.2) is 8.42 Å². The minimum Gasteiger partial charge on any atom is -0.358 e. The number of carbonyl (C=O) groups is 2. The van der Waals surface area contributed by atoms with Gasteiger partial charge in [0.1, 0.15) is 0 Å². The Hall–Kier alpha value is -1.97. The van der Waals surface area contributed by atoms with Crippen LogP contribution in [-0.4, -0.2) is 75.8 Å². The molecule has 0 unspecified atom stereocenters. The van der Waals surface area contributed by atoms with Crippen LogP contribution in [0.15, 0.2) is 23.1 Å². The van der Waals surface area contributed by atoms with Crippen molar-refractivity contribution in [2.24, 2.45) is 0 Å². The van der Waals surface area contributed by atoms with Crippen molar-refractivity contribution < 1.29 is 18.0 Å². The van der Waals surface area contributed by atoms with Gasteiger partial charge >= 0.3 is 0 Å². The number of hydrogen-bond acceptors (Lipinski definition) is 5. The second-order valence-electron chi connectivity index (χ2n) is 6.91. The number of amides is 2. The van der Waals surface area contributed by atoms with Crippen molar-refractivity contribution in [3.8, 4) is 0 Å². The predicted octanol–water partition coefficient (Wildman–Crippen LogP) is -0.656. The highest BCUT2D eigenvalue weighted by Gasteiger charge is 2.29. The van der Waals surface area contributed by atoms with Crippen molar-refractivity contribution >= 4 is 21.8 Å². The number of carbonyl (C=O) groups excluding carboxylic acids is 2. The number of benzene rings is 1. The molecule has 1 aliphatic carbocycles. The number of fused-ring (bicyclic) bond motifs is 1. The molecule has 0 radical (unpaired) electrons. The Labute approximate surface area is 160 Å². The number of likely N-dealkylation sites (N-methyl/N-ethyl adjacent to an activating group) is 1. The predicted molar refractivity (Wildman–Crippen MR) is 101 cm³/mol. The summed E-state index contributed by atoms with van der Waals surface area (Å²) in [5.41, 5.74) is 2.39. The molecule has 148 valence electrons. The van der Waals surface area contributed by atoms with E-state index in [9.17, 15) is 18.0 Å². The van der Waals surface area contributed by atoms with Crippen LogP contribution >= 0.6 is 0 Å². The molecule has 0 saturated carbocycles.